The first kappa shape index (κ1) is 17.9. The first-order chi connectivity index (χ1) is 13.1. The fourth-order valence-electron chi connectivity index (χ4n) is 3.30. The standard InChI is InChI=1S/C19H17Cl2N5O/c20-13-1-3-15-16(9-13)23-11-24-18(15)26-7-5-12(6-8-26)19(27)25-17-4-2-14(21)10-22-17/h1-4,9-12H,5-8H2,(H,22,25,27). The molecule has 4 rings (SSSR count). The molecule has 1 saturated heterocycles. The van der Waals surface area contributed by atoms with Crippen LogP contribution in [0.1, 0.15) is 12.8 Å². The van der Waals surface area contributed by atoms with Crippen molar-refractivity contribution in [1.29, 1.82) is 0 Å². The lowest BCUT2D eigenvalue weighted by atomic mass is 9.95. The van der Waals surface area contributed by atoms with Crippen molar-refractivity contribution in [3.8, 4) is 0 Å². The van der Waals surface area contributed by atoms with Crippen LogP contribution in [-0.2, 0) is 4.79 Å². The smallest absolute Gasteiger partial charge is 0.228 e. The van der Waals surface area contributed by atoms with Crippen LogP contribution in [0.4, 0.5) is 11.6 Å². The third-order valence-corrected chi connectivity index (χ3v) is 5.18. The zero-order valence-electron chi connectivity index (χ0n) is 14.4. The summed E-state index contributed by atoms with van der Waals surface area (Å²) in [6.45, 7) is 1.50. The highest BCUT2D eigenvalue weighted by Crippen LogP contribution is 2.29. The van der Waals surface area contributed by atoms with Crippen LogP contribution >= 0.6 is 23.2 Å². The molecule has 1 amide bonds. The predicted molar refractivity (Wildman–Crippen MR) is 107 cm³/mol. The van der Waals surface area contributed by atoms with Gasteiger partial charge in [-0.15, -0.1) is 0 Å². The van der Waals surface area contributed by atoms with E-state index < -0.39 is 0 Å². The lowest BCUT2D eigenvalue weighted by molar-refractivity contribution is -0.120. The van der Waals surface area contributed by atoms with Crippen molar-refractivity contribution in [2.75, 3.05) is 23.3 Å². The van der Waals surface area contributed by atoms with Crippen LogP contribution in [0.25, 0.3) is 10.9 Å². The summed E-state index contributed by atoms with van der Waals surface area (Å²) in [5, 5.41) is 5.02. The van der Waals surface area contributed by atoms with Gasteiger partial charge in [0.1, 0.15) is 18.0 Å². The number of rotatable bonds is 3. The van der Waals surface area contributed by atoms with Crippen molar-refractivity contribution in [2.24, 2.45) is 5.92 Å². The summed E-state index contributed by atoms with van der Waals surface area (Å²) in [6, 6.07) is 9.03. The van der Waals surface area contributed by atoms with Crippen LogP contribution in [0.5, 0.6) is 0 Å². The first-order valence-electron chi connectivity index (χ1n) is 8.68. The minimum Gasteiger partial charge on any atom is -0.356 e. The van der Waals surface area contributed by atoms with E-state index in [2.05, 4.69) is 25.2 Å². The quantitative estimate of drug-likeness (QED) is 0.712. The largest absolute Gasteiger partial charge is 0.356 e. The maximum absolute atomic E-state index is 12.5. The number of carbonyl (C=O) groups excluding carboxylic acids is 1. The van der Waals surface area contributed by atoms with Gasteiger partial charge in [-0.2, -0.15) is 0 Å². The van der Waals surface area contributed by atoms with Gasteiger partial charge in [0.15, 0.2) is 0 Å². The van der Waals surface area contributed by atoms with Gasteiger partial charge in [0.2, 0.25) is 5.91 Å². The molecule has 27 heavy (non-hydrogen) atoms. The van der Waals surface area contributed by atoms with E-state index in [1.807, 2.05) is 18.2 Å². The van der Waals surface area contributed by atoms with Crippen molar-refractivity contribution in [1.82, 2.24) is 15.0 Å². The molecular formula is C19H17Cl2N5O. The number of halogens is 2. The lowest BCUT2D eigenvalue weighted by Gasteiger charge is -2.32. The number of anilines is 2. The van der Waals surface area contributed by atoms with Gasteiger partial charge in [0, 0.05) is 35.6 Å². The van der Waals surface area contributed by atoms with E-state index in [1.165, 1.54) is 6.20 Å². The Bertz CT molecular complexity index is 972. The number of carbonyl (C=O) groups is 1. The monoisotopic (exact) mass is 401 g/mol. The molecule has 1 aliphatic heterocycles. The Morgan fingerprint density at radius 3 is 2.56 bits per heavy atom. The summed E-state index contributed by atoms with van der Waals surface area (Å²) in [5.41, 5.74) is 0.821. The van der Waals surface area contributed by atoms with Gasteiger partial charge in [-0.05, 0) is 43.2 Å². The molecule has 2 aromatic heterocycles. The van der Waals surface area contributed by atoms with Crippen molar-refractivity contribution in [3.63, 3.8) is 0 Å². The van der Waals surface area contributed by atoms with E-state index >= 15 is 0 Å². The van der Waals surface area contributed by atoms with Crippen LogP contribution in [0.3, 0.4) is 0 Å². The fraction of sp³-hybridized carbons (Fsp3) is 0.263. The van der Waals surface area contributed by atoms with Gasteiger partial charge in [-0.3, -0.25) is 4.79 Å². The topological polar surface area (TPSA) is 71.0 Å². The van der Waals surface area contributed by atoms with E-state index in [0.29, 0.717) is 15.9 Å². The Hall–Kier alpha value is -2.44. The number of amides is 1. The van der Waals surface area contributed by atoms with Crippen LogP contribution in [-0.4, -0.2) is 33.9 Å². The first-order valence-corrected chi connectivity index (χ1v) is 9.43. The van der Waals surface area contributed by atoms with Crippen LogP contribution in [0, 0.1) is 5.92 Å². The third-order valence-electron chi connectivity index (χ3n) is 4.72. The van der Waals surface area contributed by atoms with Crippen molar-refractivity contribution in [3.05, 3.63) is 52.9 Å². The van der Waals surface area contributed by atoms with E-state index in [1.54, 1.807) is 18.5 Å². The normalized spacial score (nSPS) is 15.1. The van der Waals surface area contributed by atoms with Crippen LogP contribution < -0.4 is 10.2 Å². The van der Waals surface area contributed by atoms with Gasteiger partial charge in [0.05, 0.1) is 10.5 Å². The van der Waals surface area contributed by atoms with Gasteiger partial charge in [-0.1, -0.05) is 23.2 Å². The third kappa shape index (κ3) is 3.96. The molecule has 8 heteroatoms. The molecule has 1 fully saturated rings. The molecule has 1 N–H and O–H groups in total. The molecule has 138 valence electrons. The molecule has 3 heterocycles. The minimum absolute atomic E-state index is 0.0104. The number of hydrogen-bond acceptors (Lipinski definition) is 5. The number of pyridine rings is 1. The molecule has 0 saturated carbocycles. The predicted octanol–water partition coefficient (Wildman–Crippen LogP) is 4.19. The summed E-state index contributed by atoms with van der Waals surface area (Å²) in [6.07, 6.45) is 4.57. The molecule has 1 aromatic carbocycles. The lowest BCUT2D eigenvalue weighted by Crippen LogP contribution is -2.38. The second-order valence-corrected chi connectivity index (χ2v) is 7.34. The highest BCUT2D eigenvalue weighted by Gasteiger charge is 2.26. The zero-order chi connectivity index (χ0) is 18.8. The van der Waals surface area contributed by atoms with Gasteiger partial charge >= 0.3 is 0 Å². The minimum atomic E-state index is -0.0544. The summed E-state index contributed by atoms with van der Waals surface area (Å²) in [5.74, 6) is 1.34. The molecule has 6 nitrogen and oxygen atoms in total. The molecule has 0 aliphatic carbocycles. The number of benzene rings is 1. The SMILES string of the molecule is O=C(Nc1ccc(Cl)cn1)C1CCN(c2ncnc3cc(Cl)ccc23)CC1. The number of nitrogens with one attached hydrogen (secondary N) is 1. The second kappa shape index (κ2) is 7.66. The summed E-state index contributed by atoms with van der Waals surface area (Å²) < 4.78 is 0. The van der Waals surface area contributed by atoms with Gasteiger partial charge in [0.25, 0.3) is 0 Å². The van der Waals surface area contributed by atoms with Crippen LogP contribution in [0.15, 0.2) is 42.9 Å². The second-order valence-electron chi connectivity index (χ2n) is 6.47. The molecule has 3 aromatic rings. The molecule has 0 unspecified atom stereocenters. The van der Waals surface area contributed by atoms with Gasteiger partial charge < -0.3 is 10.2 Å². The summed E-state index contributed by atoms with van der Waals surface area (Å²) in [4.78, 5) is 27.6. The van der Waals surface area contributed by atoms with E-state index in [0.717, 1.165) is 42.7 Å². The van der Waals surface area contributed by atoms with Crippen molar-refractivity contribution >= 4 is 51.6 Å². The number of aromatic nitrogens is 3. The Morgan fingerprint density at radius 1 is 1.04 bits per heavy atom. The number of piperidine rings is 1. The highest BCUT2D eigenvalue weighted by atomic mass is 35.5. The highest BCUT2D eigenvalue weighted by molar-refractivity contribution is 6.31. The number of hydrogen-bond donors (Lipinski definition) is 1. The Labute approximate surface area is 166 Å². The molecule has 0 spiro atoms. The zero-order valence-corrected chi connectivity index (χ0v) is 15.9. The van der Waals surface area contributed by atoms with Crippen molar-refractivity contribution < 1.29 is 4.79 Å². The molecular weight excluding hydrogens is 385 g/mol. The van der Waals surface area contributed by atoms with Crippen LogP contribution in [0.2, 0.25) is 10.0 Å². The number of nitrogens with zero attached hydrogens (tertiary/aromatic N) is 4. The molecule has 0 radical (unpaired) electrons. The van der Waals surface area contributed by atoms with E-state index in [9.17, 15) is 4.79 Å². The maximum Gasteiger partial charge on any atom is 0.228 e. The average molecular weight is 402 g/mol. The van der Waals surface area contributed by atoms with Gasteiger partial charge in [-0.25, -0.2) is 15.0 Å². The van der Waals surface area contributed by atoms with E-state index in [-0.39, 0.29) is 11.8 Å². The Kier molecular flexibility index (Phi) is 5.09. The Balaban J connectivity index is 1.43. The molecule has 0 bridgehead atoms. The Morgan fingerprint density at radius 2 is 1.81 bits per heavy atom. The molecule has 0 atom stereocenters. The summed E-state index contributed by atoms with van der Waals surface area (Å²) in [7, 11) is 0. The molecule has 1 aliphatic rings. The average Bonchev–Trinajstić information content (AvgIpc) is 2.69. The summed E-state index contributed by atoms with van der Waals surface area (Å²) >= 11 is 11.9. The van der Waals surface area contributed by atoms with E-state index in [4.69, 9.17) is 23.2 Å². The fourth-order valence-corrected chi connectivity index (χ4v) is 3.58. The maximum atomic E-state index is 12.5. The number of fused-ring (bicyclic) bond motifs is 1. The van der Waals surface area contributed by atoms with Crippen molar-refractivity contribution in [2.45, 2.75) is 12.8 Å².